The SMILES string of the molecule is O=C1CCCCCCCCC(C2CCCCCCCCC(=O)O2)O1. The molecule has 0 aliphatic carbocycles. The minimum absolute atomic E-state index is 0.118. The normalized spacial score (nSPS) is 29.5. The lowest BCUT2D eigenvalue weighted by Crippen LogP contribution is -2.35. The van der Waals surface area contributed by atoms with Crippen LogP contribution in [-0.2, 0) is 19.1 Å². The molecular weight excluding hydrogens is 304 g/mol. The Morgan fingerprint density at radius 1 is 0.500 bits per heavy atom. The van der Waals surface area contributed by atoms with Crippen molar-refractivity contribution < 1.29 is 19.1 Å². The third kappa shape index (κ3) is 7.67. The summed E-state index contributed by atoms with van der Waals surface area (Å²) in [4.78, 5) is 24.2. The molecule has 0 bridgehead atoms. The fraction of sp³-hybridized carbons (Fsp3) is 0.900. The lowest BCUT2D eigenvalue weighted by atomic mass is 9.99. The van der Waals surface area contributed by atoms with Gasteiger partial charge in [0.1, 0.15) is 12.2 Å². The number of esters is 2. The van der Waals surface area contributed by atoms with Gasteiger partial charge in [0.2, 0.25) is 0 Å². The van der Waals surface area contributed by atoms with Gasteiger partial charge < -0.3 is 9.47 Å². The second kappa shape index (κ2) is 11.5. The van der Waals surface area contributed by atoms with Crippen LogP contribution in [0.25, 0.3) is 0 Å². The van der Waals surface area contributed by atoms with Crippen LogP contribution in [0.15, 0.2) is 0 Å². The van der Waals surface area contributed by atoms with Crippen LogP contribution in [0.3, 0.4) is 0 Å². The van der Waals surface area contributed by atoms with Gasteiger partial charge in [-0.1, -0.05) is 51.4 Å². The van der Waals surface area contributed by atoms with E-state index in [2.05, 4.69) is 0 Å². The van der Waals surface area contributed by atoms with Gasteiger partial charge >= 0.3 is 11.9 Å². The maximum Gasteiger partial charge on any atom is 0.306 e. The Kier molecular flexibility index (Phi) is 9.22. The number of carbonyl (C=O) groups excluding carboxylic acids is 2. The molecule has 0 aromatic carbocycles. The highest BCUT2D eigenvalue weighted by atomic mass is 16.6. The summed E-state index contributed by atoms with van der Waals surface area (Å²) in [6.07, 6.45) is 15.5. The molecule has 0 saturated carbocycles. The van der Waals surface area contributed by atoms with E-state index in [1.807, 2.05) is 0 Å². The van der Waals surface area contributed by atoms with Crippen LogP contribution in [0.2, 0.25) is 0 Å². The van der Waals surface area contributed by atoms with E-state index in [0.717, 1.165) is 51.4 Å². The Hall–Kier alpha value is -1.06. The molecule has 2 fully saturated rings. The van der Waals surface area contributed by atoms with E-state index >= 15 is 0 Å². The molecule has 2 saturated heterocycles. The smallest absolute Gasteiger partial charge is 0.306 e. The molecule has 2 atom stereocenters. The van der Waals surface area contributed by atoms with Crippen molar-refractivity contribution in [2.24, 2.45) is 0 Å². The zero-order chi connectivity index (χ0) is 17.0. The molecule has 24 heavy (non-hydrogen) atoms. The molecule has 2 heterocycles. The highest BCUT2D eigenvalue weighted by molar-refractivity contribution is 5.70. The molecule has 4 heteroatoms. The summed E-state index contributed by atoms with van der Waals surface area (Å²) in [5.74, 6) is -0.237. The zero-order valence-corrected chi connectivity index (χ0v) is 15.1. The molecule has 2 unspecified atom stereocenters. The van der Waals surface area contributed by atoms with Crippen molar-refractivity contribution in [3.63, 3.8) is 0 Å². The fourth-order valence-electron chi connectivity index (χ4n) is 3.74. The molecule has 0 radical (unpaired) electrons. The third-order valence-corrected chi connectivity index (χ3v) is 5.22. The summed E-state index contributed by atoms with van der Waals surface area (Å²) in [7, 11) is 0. The van der Waals surface area contributed by atoms with Gasteiger partial charge in [-0.25, -0.2) is 0 Å². The molecule has 4 nitrogen and oxygen atoms in total. The van der Waals surface area contributed by atoms with E-state index in [4.69, 9.17) is 9.47 Å². The van der Waals surface area contributed by atoms with Crippen LogP contribution in [-0.4, -0.2) is 24.1 Å². The zero-order valence-electron chi connectivity index (χ0n) is 15.1. The molecule has 0 spiro atoms. The highest BCUT2D eigenvalue weighted by Gasteiger charge is 2.28. The van der Waals surface area contributed by atoms with E-state index in [9.17, 15) is 9.59 Å². The Morgan fingerprint density at radius 2 is 0.833 bits per heavy atom. The third-order valence-electron chi connectivity index (χ3n) is 5.22. The topological polar surface area (TPSA) is 52.6 Å². The highest BCUT2D eigenvalue weighted by Crippen LogP contribution is 2.23. The van der Waals surface area contributed by atoms with Crippen molar-refractivity contribution >= 4 is 11.9 Å². The Labute approximate surface area is 146 Å². The maximum atomic E-state index is 12.1. The largest absolute Gasteiger partial charge is 0.458 e. The van der Waals surface area contributed by atoms with Crippen molar-refractivity contribution in [1.29, 1.82) is 0 Å². The quantitative estimate of drug-likeness (QED) is 0.626. The monoisotopic (exact) mass is 338 g/mol. The molecule has 0 aromatic rings. The number of cyclic esters (lactones) is 2. The first-order chi connectivity index (χ1) is 11.8. The number of rotatable bonds is 1. The minimum Gasteiger partial charge on any atom is -0.458 e. The van der Waals surface area contributed by atoms with Gasteiger partial charge in [-0.2, -0.15) is 0 Å². The lowest BCUT2D eigenvalue weighted by molar-refractivity contribution is -0.169. The molecule has 2 aliphatic rings. The minimum atomic E-state index is -0.250. The van der Waals surface area contributed by atoms with Crippen molar-refractivity contribution in [1.82, 2.24) is 0 Å². The second-order valence-electron chi connectivity index (χ2n) is 7.38. The van der Waals surface area contributed by atoms with Crippen LogP contribution in [0.1, 0.15) is 103 Å². The number of hydrogen-bond acceptors (Lipinski definition) is 4. The van der Waals surface area contributed by atoms with Gasteiger partial charge in [0, 0.05) is 12.8 Å². The van der Waals surface area contributed by atoms with E-state index in [1.54, 1.807) is 0 Å². The summed E-state index contributed by atoms with van der Waals surface area (Å²) in [5, 5.41) is 0. The average molecular weight is 338 g/mol. The van der Waals surface area contributed by atoms with Crippen LogP contribution >= 0.6 is 0 Å². The number of carbonyl (C=O) groups is 2. The van der Waals surface area contributed by atoms with E-state index in [0.29, 0.717) is 12.8 Å². The average Bonchev–Trinajstić information content (AvgIpc) is 2.64. The molecule has 0 amide bonds. The van der Waals surface area contributed by atoms with Gasteiger partial charge in [0.15, 0.2) is 0 Å². The van der Waals surface area contributed by atoms with E-state index in [1.165, 1.54) is 38.5 Å². The first-order valence-corrected chi connectivity index (χ1v) is 10.1. The van der Waals surface area contributed by atoms with E-state index in [-0.39, 0.29) is 24.1 Å². The van der Waals surface area contributed by atoms with Crippen molar-refractivity contribution in [3.8, 4) is 0 Å². The molecule has 0 N–H and O–H groups in total. The van der Waals surface area contributed by atoms with Gasteiger partial charge in [-0.05, 0) is 38.5 Å². The fourth-order valence-corrected chi connectivity index (χ4v) is 3.74. The first kappa shape index (κ1) is 19.3. The molecule has 2 rings (SSSR count). The summed E-state index contributed by atoms with van der Waals surface area (Å²) >= 11 is 0. The number of hydrogen-bond donors (Lipinski definition) is 0. The molecular formula is C20H34O4. The van der Waals surface area contributed by atoms with Crippen LogP contribution in [0.4, 0.5) is 0 Å². The Balaban J connectivity index is 1.98. The molecule has 2 aliphatic heterocycles. The lowest BCUT2D eigenvalue weighted by Gasteiger charge is -2.27. The summed E-state index contributed by atoms with van der Waals surface area (Å²) in [5.41, 5.74) is 0. The van der Waals surface area contributed by atoms with Crippen molar-refractivity contribution in [2.45, 2.75) is 115 Å². The predicted octanol–water partition coefficient (Wildman–Crippen LogP) is 5.08. The summed E-state index contributed by atoms with van der Waals surface area (Å²) < 4.78 is 11.5. The predicted molar refractivity (Wildman–Crippen MR) is 93.6 cm³/mol. The Bertz CT molecular complexity index is 344. The van der Waals surface area contributed by atoms with Crippen molar-refractivity contribution in [3.05, 3.63) is 0 Å². The second-order valence-corrected chi connectivity index (χ2v) is 7.38. The van der Waals surface area contributed by atoms with Crippen LogP contribution in [0, 0.1) is 0 Å². The van der Waals surface area contributed by atoms with Crippen LogP contribution < -0.4 is 0 Å². The first-order valence-electron chi connectivity index (χ1n) is 10.1. The van der Waals surface area contributed by atoms with Crippen LogP contribution in [0.5, 0.6) is 0 Å². The van der Waals surface area contributed by atoms with Gasteiger partial charge in [-0.15, -0.1) is 0 Å². The van der Waals surface area contributed by atoms with Gasteiger partial charge in [0.25, 0.3) is 0 Å². The standard InChI is InChI=1S/C20H34O4/c21-19-15-11-7-3-1-5-9-13-17(23-19)18-14-10-6-2-4-8-12-16-20(22)24-18/h17-18H,1-16H2. The molecule has 0 aromatic heterocycles. The molecule has 138 valence electrons. The van der Waals surface area contributed by atoms with E-state index < -0.39 is 0 Å². The summed E-state index contributed by atoms with van der Waals surface area (Å²) in [6, 6.07) is 0. The Morgan fingerprint density at radius 3 is 1.25 bits per heavy atom. The number of ether oxygens (including phenoxy) is 2. The maximum absolute atomic E-state index is 12.1. The van der Waals surface area contributed by atoms with Crippen molar-refractivity contribution in [2.75, 3.05) is 0 Å². The van der Waals surface area contributed by atoms with Gasteiger partial charge in [-0.3, -0.25) is 9.59 Å². The van der Waals surface area contributed by atoms with Gasteiger partial charge in [0.05, 0.1) is 0 Å². The summed E-state index contributed by atoms with van der Waals surface area (Å²) in [6.45, 7) is 0.